The topological polar surface area (TPSA) is 162 Å². The molecule has 0 unspecified atom stereocenters. The zero-order chi connectivity index (χ0) is 20.8. The number of aromatic nitrogens is 4. The Balaban J connectivity index is 1.71. The molecule has 0 bridgehead atoms. The first-order valence-corrected chi connectivity index (χ1v) is 9.11. The predicted molar refractivity (Wildman–Crippen MR) is 103 cm³/mol. The molecule has 11 nitrogen and oxygen atoms in total. The van der Waals surface area contributed by atoms with Gasteiger partial charge in [0.15, 0.2) is 16.9 Å². The van der Waals surface area contributed by atoms with Gasteiger partial charge in [0.2, 0.25) is 5.95 Å². The summed E-state index contributed by atoms with van der Waals surface area (Å²) in [5.41, 5.74) is 5.56. The number of non-ortho nitro benzene ring substituents is 1. The van der Waals surface area contributed by atoms with Crippen LogP contribution in [0.15, 0.2) is 35.4 Å². The average Bonchev–Trinajstić information content (AvgIpc) is 3.22. The number of nitrogens with two attached hydrogens (primary N) is 1. The first-order valence-electron chi connectivity index (χ1n) is 9.11. The van der Waals surface area contributed by atoms with Crippen LogP contribution in [0, 0.1) is 10.1 Å². The molecule has 1 saturated heterocycles. The van der Waals surface area contributed by atoms with Gasteiger partial charge in [0.1, 0.15) is 0 Å². The number of nitrogen functional groups attached to an aromatic ring is 1. The molecule has 2 aromatic heterocycles. The van der Waals surface area contributed by atoms with Crippen LogP contribution in [0.5, 0.6) is 0 Å². The number of H-pyrrole nitrogens is 1. The molecule has 152 valence electrons. The molecule has 1 aliphatic rings. The zero-order valence-electron chi connectivity index (χ0n) is 15.6. The van der Waals surface area contributed by atoms with Crippen molar-refractivity contribution in [2.24, 2.45) is 0 Å². The van der Waals surface area contributed by atoms with Gasteiger partial charge in [0.25, 0.3) is 11.2 Å². The van der Waals surface area contributed by atoms with E-state index in [1.807, 2.05) is 0 Å². The molecule has 0 radical (unpaired) electrons. The Kier molecular flexibility index (Phi) is 4.55. The lowest BCUT2D eigenvalue weighted by molar-refractivity contribution is -0.384. The van der Waals surface area contributed by atoms with E-state index in [9.17, 15) is 20.0 Å². The van der Waals surface area contributed by atoms with Crippen LogP contribution in [0.2, 0.25) is 0 Å². The normalized spacial score (nSPS) is 24.2. The molecule has 11 heteroatoms. The number of imidazole rings is 1. The molecular weight excluding hydrogens is 380 g/mol. The number of rotatable bonds is 5. The number of benzene rings is 1. The Morgan fingerprint density at radius 1 is 1.45 bits per heavy atom. The fourth-order valence-corrected chi connectivity index (χ4v) is 3.75. The van der Waals surface area contributed by atoms with E-state index in [1.165, 1.54) is 18.5 Å². The van der Waals surface area contributed by atoms with Crippen molar-refractivity contribution < 1.29 is 14.8 Å². The molecule has 0 aliphatic carbocycles. The van der Waals surface area contributed by atoms with Gasteiger partial charge in [-0.05, 0) is 25.3 Å². The van der Waals surface area contributed by atoms with Crippen LogP contribution in [-0.4, -0.2) is 41.8 Å². The van der Waals surface area contributed by atoms with E-state index in [1.54, 1.807) is 23.6 Å². The number of aliphatic hydroxyl groups is 1. The summed E-state index contributed by atoms with van der Waals surface area (Å²) < 4.78 is 7.79. The molecule has 0 saturated carbocycles. The van der Waals surface area contributed by atoms with Crippen molar-refractivity contribution in [2.75, 3.05) is 5.73 Å². The van der Waals surface area contributed by atoms with E-state index >= 15 is 0 Å². The summed E-state index contributed by atoms with van der Waals surface area (Å²) in [4.78, 5) is 33.3. The number of aromatic amines is 1. The van der Waals surface area contributed by atoms with Crippen molar-refractivity contribution in [3.05, 3.63) is 56.6 Å². The number of hydrogen-bond acceptors (Lipinski definition) is 8. The maximum atomic E-state index is 12.1. The molecule has 0 spiro atoms. The lowest BCUT2D eigenvalue weighted by atomic mass is 9.97. The maximum absolute atomic E-state index is 12.1. The van der Waals surface area contributed by atoms with E-state index in [-0.39, 0.29) is 29.2 Å². The van der Waals surface area contributed by atoms with Gasteiger partial charge in [-0.2, -0.15) is 4.98 Å². The SMILES string of the molecule is C[C@H]1O[C@@](CCc2ccc([N+](=O)[O-])cc2)(n2cnc3c(=O)[nH]c(N)nc32)C[C@@H]1O. The van der Waals surface area contributed by atoms with Gasteiger partial charge >= 0.3 is 0 Å². The van der Waals surface area contributed by atoms with Crippen LogP contribution in [0.1, 0.15) is 25.3 Å². The van der Waals surface area contributed by atoms with E-state index < -0.39 is 28.4 Å². The number of nitrogens with zero attached hydrogens (tertiary/aromatic N) is 4. The summed E-state index contributed by atoms with van der Waals surface area (Å²) in [5, 5.41) is 21.2. The molecular formula is C18H20N6O5. The summed E-state index contributed by atoms with van der Waals surface area (Å²) in [6.07, 6.45) is 1.57. The highest BCUT2D eigenvalue weighted by atomic mass is 16.6. The third-order valence-corrected chi connectivity index (χ3v) is 5.29. The maximum Gasteiger partial charge on any atom is 0.280 e. The highest BCUT2D eigenvalue weighted by Gasteiger charge is 2.46. The number of aryl methyl sites for hydroxylation is 1. The molecule has 3 atom stereocenters. The van der Waals surface area contributed by atoms with Crippen molar-refractivity contribution in [3.63, 3.8) is 0 Å². The van der Waals surface area contributed by atoms with E-state index in [0.717, 1.165) is 5.56 Å². The number of nitrogens with one attached hydrogen (secondary N) is 1. The van der Waals surface area contributed by atoms with Crippen LogP contribution < -0.4 is 11.3 Å². The number of ether oxygens (including phenoxy) is 1. The quantitative estimate of drug-likeness (QED) is 0.423. The van der Waals surface area contributed by atoms with E-state index in [4.69, 9.17) is 10.5 Å². The fraction of sp³-hybridized carbons (Fsp3) is 0.389. The van der Waals surface area contributed by atoms with Crippen molar-refractivity contribution in [1.29, 1.82) is 0 Å². The van der Waals surface area contributed by atoms with E-state index in [2.05, 4.69) is 15.0 Å². The Labute approximate surface area is 164 Å². The predicted octanol–water partition coefficient (Wildman–Crippen LogP) is 1.07. The molecule has 0 amide bonds. The minimum Gasteiger partial charge on any atom is -0.390 e. The highest BCUT2D eigenvalue weighted by Crippen LogP contribution is 2.40. The smallest absolute Gasteiger partial charge is 0.280 e. The third kappa shape index (κ3) is 3.34. The van der Waals surface area contributed by atoms with Gasteiger partial charge in [0, 0.05) is 18.6 Å². The molecule has 3 heterocycles. The van der Waals surface area contributed by atoms with Gasteiger partial charge in [0.05, 0.1) is 23.5 Å². The number of aliphatic hydroxyl groups excluding tert-OH is 1. The molecule has 1 fully saturated rings. The fourth-order valence-electron chi connectivity index (χ4n) is 3.75. The molecule has 4 N–H and O–H groups in total. The first kappa shape index (κ1) is 19.0. The summed E-state index contributed by atoms with van der Waals surface area (Å²) >= 11 is 0. The second-order valence-electron chi connectivity index (χ2n) is 7.20. The van der Waals surface area contributed by atoms with Crippen molar-refractivity contribution >= 4 is 22.8 Å². The Morgan fingerprint density at radius 2 is 2.17 bits per heavy atom. The largest absolute Gasteiger partial charge is 0.390 e. The van der Waals surface area contributed by atoms with Crippen molar-refractivity contribution in [1.82, 2.24) is 19.5 Å². The first-order chi connectivity index (χ1) is 13.8. The number of fused-ring (bicyclic) bond motifs is 1. The number of anilines is 1. The Hall–Kier alpha value is -3.31. The zero-order valence-corrected chi connectivity index (χ0v) is 15.6. The van der Waals surface area contributed by atoms with Crippen molar-refractivity contribution in [3.8, 4) is 0 Å². The lowest BCUT2D eigenvalue weighted by Gasteiger charge is -2.31. The Morgan fingerprint density at radius 3 is 2.79 bits per heavy atom. The minimum atomic E-state index is -0.984. The third-order valence-electron chi connectivity index (χ3n) is 5.29. The Bertz CT molecular complexity index is 1110. The minimum absolute atomic E-state index is 0.0177. The van der Waals surface area contributed by atoms with Gasteiger partial charge in [-0.25, -0.2) is 4.98 Å². The van der Waals surface area contributed by atoms with Crippen LogP contribution in [-0.2, 0) is 16.9 Å². The second-order valence-corrected chi connectivity index (χ2v) is 7.20. The number of hydrogen-bond donors (Lipinski definition) is 3. The monoisotopic (exact) mass is 400 g/mol. The standard InChI is InChI=1S/C18H20N6O5/c1-10-13(25)8-18(29-10,7-6-11-2-4-12(5-3-11)24(27)28)23-9-20-14-15(23)21-17(19)22-16(14)26/h2-5,9-10,13,25H,6-8H2,1H3,(H3,19,21,22,26)/t10-,13+,18-/m1/s1. The molecule has 3 aromatic rings. The summed E-state index contributed by atoms with van der Waals surface area (Å²) in [6, 6.07) is 6.27. The summed E-state index contributed by atoms with van der Waals surface area (Å²) in [7, 11) is 0. The highest BCUT2D eigenvalue weighted by molar-refractivity contribution is 5.70. The lowest BCUT2D eigenvalue weighted by Crippen LogP contribution is -2.34. The summed E-state index contributed by atoms with van der Waals surface area (Å²) in [6.45, 7) is 1.77. The molecule has 1 aromatic carbocycles. The second kappa shape index (κ2) is 6.94. The van der Waals surface area contributed by atoms with Crippen LogP contribution in [0.25, 0.3) is 11.2 Å². The van der Waals surface area contributed by atoms with E-state index in [0.29, 0.717) is 12.8 Å². The molecule has 29 heavy (non-hydrogen) atoms. The average molecular weight is 400 g/mol. The van der Waals surface area contributed by atoms with Gasteiger partial charge in [-0.1, -0.05) is 12.1 Å². The summed E-state index contributed by atoms with van der Waals surface area (Å²) in [5.74, 6) is -0.0404. The van der Waals surface area contributed by atoms with Gasteiger partial charge in [-0.15, -0.1) is 0 Å². The molecule has 1 aliphatic heterocycles. The number of nitro benzene ring substituents is 1. The number of nitro groups is 1. The van der Waals surface area contributed by atoms with Crippen LogP contribution >= 0.6 is 0 Å². The van der Waals surface area contributed by atoms with Crippen LogP contribution in [0.3, 0.4) is 0 Å². The van der Waals surface area contributed by atoms with Gasteiger partial charge < -0.3 is 15.6 Å². The van der Waals surface area contributed by atoms with Crippen LogP contribution in [0.4, 0.5) is 11.6 Å². The molecule has 4 rings (SSSR count). The van der Waals surface area contributed by atoms with Crippen molar-refractivity contribution in [2.45, 2.75) is 44.1 Å². The van der Waals surface area contributed by atoms with Gasteiger partial charge in [-0.3, -0.25) is 24.5 Å².